The zero-order valence-corrected chi connectivity index (χ0v) is 14.1. The highest BCUT2D eigenvalue weighted by molar-refractivity contribution is 5.94. The molecule has 2 aromatic carbocycles. The van der Waals surface area contributed by atoms with Crippen LogP contribution in [0.15, 0.2) is 36.4 Å². The van der Waals surface area contributed by atoms with Crippen molar-refractivity contribution in [1.29, 1.82) is 0 Å². The molecule has 0 atom stereocenters. The Labute approximate surface area is 148 Å². The number of nitrogens with zero attached hydrogens (tertiary/aromatic N) is 3. The largest absolute Gasteiger partial charge is 0.366 e. The molecule has 2 aromatic rings. The SMILES string of the molecule is Cc1cc(N2CCN(C(=O)c3ccccc3F)CC2)c(F)cc1[N+](=O)[O-]. The second-order valence-electron chi connectivity index (χ2n) is 6.11. The van der Waals surface area contributed by atoms with Crippen LogP contribution in [0.1, 0.15) is 15.9 Å². The summed E-state index contributed by atoms with van der Waals surface area (Å²) in [5.41, 5.74) is 0.389. The van der Waals surface area contributed by atoms with Crippen molar-refractivity contribution in [2.45, 2.75) is 6.92 Å². The van der Waals surface area contributed by atoms with E-state index < -0.39 is 22.5 Å². The van der Waals surface area contributed by atoms with Crippen molar-refractivity contribution >= 4 is 17.3 Å². The Morgan fingerprint density at radius 1 is 1.08 bits per heavy atom. The molecular formula is C18H17F2N3O3. The fraction of sp³-hybridized carbons (Fsp3) is 0.278. The van der Waals surface area contributed by atoms with Gasteiger partial charge in [-0.2, -0.15) is 0 Å². The topological polar surface area (TPSA) is 66.7 Å². The lowest BCUT2D eigenvalue weighted by molar-refractivity contribution is -0.385. The van der Waals surface area contributed by atoms with E-state index in [0.717, 1.165) is 6.07 Å². The lowest BCUT2D eigenvalue weighted by Crippen LogP contribution is -2.49. The van der Waals surface area contributed by atoms with Crippen LogP contribution in [-0.4, -0.2) is 41.9 Å². The normalized spacial score (nSPS) is 14.4. The van der Waals surface area contributed by atoms with Crippen LogP contribution < -0.4 is 4.90 Å². The summed E-state index contributed by atoms with van der Waals surface area (Å²) in [4.78, 5) is 25.9. The van der Waals surface area contributed by atoms with Crippen LogP contribution in [0.5, 0.6) is 0 Å². The Morgan fingerprint density at radius 3 is 2.35 bits per heavy atom. The summed E-state index contributed by atoms with van der Waals surface area (Å²) in [7, 11) is 0. The Bertz CT molecular complexity index is 865. The van der Waals surface area contributed by atoms with Gasteiger partial charge in [0.25, 0.3) is 11.6 Å². The van der Waals surface area contributed by atoms with Crippen molar-refractivity contribution in [3.05, 3.63) is 69.3 Å². The quantitative estimate of drug-likeness (QED) is 0.622. The van der Waals surface area contributed by atoms with Crippen molar-refractivity contribution in [3.8, 4) is 0 Å². The lowest BCUT2D eigenvalue weighted by Gasteiger charge is -2.36. The number of halogens is 2. The highest BCUT2D eigenvalue weighted by Gasteiger charge is 2.26. The molecule has 0 radical (unpaired) electrons. The second-order valence-corrected chi connectivity index (χ2v) is 6.11. The van der Waals surface area contributed by atoms with Crippen molar-refractivity contribution in [3.63, 3.8) is 0 Å². The number of hydrogen-bond donors (Lipinski definition) is 0. The Balaban J connectivity index is 1.73. The van der Waals surface area contributed by atoms with Crippen molar-refractivity contribution in [2.75, 3.05) is 31.1 Å². The Hall–Kier alpha value is -3.03. The van der Waals surface area contributed by atoms with Crippen LogP contribution in [-0.2, 0) is 0 Å². The highest BCUT2D eigenvalue weighted by Crippen LogP contribution is 2.29. The van der Waals surface area contributed by atoms with Gasteiger partial charge in [-0.1, -0.05) is 12.1 Å². The molecule has 1 amide bonds. The van der Waals surface area contributed by atoms with Crippen molar-refractivity contribution in [2.24, 2.45) is 0 Å². The maximum absolute atomic E-state index is 14.3. The first kappa shape index (κ1) is 17.8. The predicted molar refractivity (Wildman–Crippen MR) is 92.3 cm³/mol. The molecule has 1 heterocycles. The van der Waals surface area contributed by atoms with E-state index in [1.165, 1.54) is 29.2 Å². The van der Waals surface area contributed by atoms with E-state index in [2.05, 4.69) is 0 Å². The third-order valence-corrected chi connectivity index (χ3v) is 4.47. The van der Waals surface area contributed by atoms with Gasteiger partial charge in [-0.15, -0.1) is 0 Å². The standard InChI is InChI=1S/C18H17F2N3O3/c1-12-10-17(15(20)11-16(12)23(25)26)21-6-8-22(9-7-21)18(24)13-4-2-3-5-14(13)19/h2-5,10-11H,6-9H2,1H3. The molecule has 0 aliphatic carbocycles. The molecule has 1 fully saturated rings. The smallest absolute Gasteiger partial charge is 0.275 e. The molecule has 6 nitrogen and oxygen atoms in total. The first-order valence-electron chi connectivity index (χ1n) is 8.12. The van der Waals surface area contributed by atoms with E-state index in [1.807, 2.05) is 0 Å². The van der Waals surface area contributed by atoms with Crippen LogP contribution in [0.4, 0.5) is 20.2 Å². The highest BCUT2D eigenvalue weighted by atomic mass is 19.1. The summed E-state index contributed by atoms with van der Waals surface area (Å²) < 4.78 is 28.0. The second kappa shape index (κ2) is 7.07. The van der Waals surface area contributed by atoms with Gasteiger partial charge in [-0.25, -0.2) is 8.78 Å². The minimum absolute atomic E-state index is 0.0123. The van der Waals surface area contributed by atoms with Gasteiger partial charge < -0.3 is 9.80 Å². The number of carbonyl (C=O) groups excluding carboxylic acids is 1. The van der Waals surface area contributed by atoms with Crippen molar-refractivity contribution in [1.82, 2.24) is 4.90 Å². The molecule has 136 valence electrons. The summed E-state index contributed by atoms with van der Waals surface area (Å²) in [6, 6.07) is 8.15. The van der Waals surface area contributed by atoms with Crippen molar-refractivity contribution < 1.29 is 18.5 Å². The van der Waals surface area contributed by atoms with Gasteiger partial charge in [0, 0.05) is 31.7 Å². The van der Waals surface area contributed by atoms with E-state index in [4.69, 9.17) is 0 Å². The predicted octanol–water partition coefficient (Wildman–Crippen LogP) is 3.14. The molecule has 8 heteroatoms. The molecule has 0 unspecified atom stereocenters. The first-order chi connectivity index (χ1) is 12.4. The average Bonchev–Trinajstić information content (AvgIpc) is 2.63. The van der Waals surface area contributed by atoms with Crippen LogP contribution >= 0.6 is 0 Å². The Morgan fingerprint density at radius 2 is 1.73 bits per heavy atom. The molecular weight excluding hydrogens is 344 g/mol. The summed E-state index contributed by atoms with van der Waals surface area (Å²) in [6.07, 6.45) is 0. The van der Waals surface area contributed by atoms with E-state index in [-0.39, 0.29) is 16.9 Å². The van der Waals surface area contributed by atoms with E-state index in [9.17, 15) is 23.7 Å². The van der Waals surface area contributed by atoms with E-state index in [1.54, 1.807) is 17.9 Å². The number of amides is 1. The van der Waals surface area contributed by atoms with Gasteiger partial charge in [0.15, 0.2) is 5.82 Å². The minimum atomic E-state index is -0.670. The summed E-state index contributed by atoms with van der Waals surface area (Å²) in [5, 5.41) is 10.9. The van der Waals surface area contributed by atoms with Gasteiger partial charge >= 0.3 is 0 Å². The number of piperazine rings is 1. The number of hydrogen-bond acceptors (Lipinski definition) is 4. The maximum atomic E-state index is 14.3. The van der Waals surface area contributed by atoms with Crippen LogP contribution in [0, 0.1) is 28.7 Å². The molecule has 1 aliphatic rings. The zero-order valence-electron chi connectivity index (χ0n) is 14.1. The first-order valence-corrected chi connectivity index (χ1v) is 8.12. The average molecular weight is 361 g/mol. The Kier molecular flexibility index (Phi) is 4.83. The molecule has 3 rings (SSSR count). The molecule has 0 aromatic heterocycles. The van der Waals surface area contributed by atoms with E-state index >= 15 is 0 Å². The maximum Gasteiger partial charge on any atom is 0.275 e. The van der Waals surface area contributed by atoms with E-state index in [0.29, 0.717) is 31.7 Å². The lowest BCUT2D eigenvalue weighted by atomic mass is 10.1. The van der Waals surface area contributed by atoms with Crippen LogP contribution in [0.2, 0.25) is 0 Å². The third-order valence-electron chi connectivity index (χ3n) is 4.47. The summed E-state index contributed by atoms with van der Waals surface area (Å²) >= 11 is 0. The number of nitro benzene ring substituents is 1. The monoisotopic (exact) mass is 361 g/mol. The molecule has 0 bridgehead atoms. The fourth-order valence-electron chi connectivity index (χ4n) is 3.05. The van der Waals surface area contributed by atoms with Gasteiger partial charge in [0.1, 0.15) is 5.82 Å². The molecule has 1 aliphatic heterocycles. The summed E-state index contributed by atoms with van der Waals surface area (Å²) in [6.45, 7) is 2.88. The summed E-state index contributed by atoms with van der Waals surface area (Å²) in [5.74, 6) is -1.64. The number of carbonyl (C=O) groups is 1. The van der Waals surface area contributed by atoms with Gasteiger partial charge in [0.2, 0.25) is 0 Å². The molecule has 0 saturated carbocycles. The molecule has 26 heavy (non-hydrogen) atoms. The third kappa shape index (κ3) is 3.35. The zero-order chi connectivity index (χ0) is 18.8. The molecule has 1 saturated heterocycles. The minimum Gasteiger partial charge on any atom is -0.366 e. The molecule has 0 N–H and O–H groups in total. The van der Waals surface area contributed by atoms with Crippen LogP contribution in [0.3, 0.4) is 0 Å². The number of aryl methyl sites for hydroxylation is 1. The molecule has 0 spiro atoms. The van der Waals surface area contributed by atoms with Gasteiger partial charge in [-0.3, -0.25) is 14.9 Å². The number of nitro groups is 1. The van der Waals surface area contributed by atoms with Gasteiger partial charge in [0.05, 0.1) is 22.2 Å². The number of rotatable bonds is 3. The number of benzene rings is 2. The van der Waals surface area contributed by atoms with Crippen LogP contribution in [0.25, 0.3) is 0 Å². The van der Waals surface area contributed by atoms with Gasteiger partial charge in [-0.05, 0) is 25.1 Å². The number of anilines is 1. The fourth-order valence-corrected chi connectivity index (χ4v) is 3.05.